The predicted molar refractivity (Wildman–Crippen MR) is 75.1 cm³/mol. The molecule has 1 fully saturated rings. The van der Waals surface area contributed by atoms with Crippen LogP contribution in [0.1, 0.15) is 54.8 Å². The molecule has 1 aliphatic carbocycles. The van der Waals surface area contributed by atoms with Crippen molar-refractivity contribution in [1.29, 1.82) is 0 Å². The summed E-state index contributed by atoms with van der Waals surface area (Å²) in [4.78, 5) is 16.1. The van der Waals surface area contributed by atoms with E-state index in [1.807, 2.05) is 24.5 Å². The molecule has 1 saturated carbocycles. The fourth-order valence-electron chi connectivity index (χ4n) is 2.89. The van der Waals surface area contributed by atoms with Gasteiger partial charge in [-0.25, -0.2) is 9.78 Å². The van der Waals surface area contributed by atoms with Gasteiger partial charge in [-0.05, 0) is 25.0 Å². The summed E-state index contributed by atoms with van der Waals surface area (Å²) in [5.74, 6) is 0.166. The Kier molecular flexibility index (Phi) is 3.01. The quantitative estimate of drug-likeness (QED) is 0.902. The number of imidazole rings is 1. The molecule has 0 radical (unpaired) electrons. The average molecular weight is 274 g/mol. The van der Waals surface area contributed by atoms with Crippen molar-refractivity contribution in [2.75, 3.05) is 0 Å². The molecule has 0 unspecified atom stereocenters. The second kappa shape index (κ2) is 4.59. The first kappa shape index (κ1) is 13.1. The number of nitrogens with zero attached hydrogens (tertiary/aromatic N) is 2. The van der Waals surface area contributed by atoms with Crippen LogP contribution in [0.2, 0.25) is 0 Å². The summed E-state index contributed by atoms with van der Waals surface area (Å²) in [6.45, 7) is 4.10. The third-order valence-corrected chi connectivity index (χ3v) is 3.94. The molecule has 20 heavy (non-hydrogen) atoms. The standard InChI is InChI=1S/C15H18N2O3/c1-8(2)14-16-12-5-3-4-11(15(19)20)13(12)17(14)9-6-10(18)7-9/h3-5,8-10,18H,6-7H2,1-2H3,(H,19,20). The lowest BCUT2D eigenvalue weighted by Crippen LogP contribution is -2.32. The lowest BCUT2D eigenvalue weighted by atomic mass is 9.88. The monoisotopic (exact) mass is 274 g/mol. The Morgan fingerprint density at radius 3 is 2.65 bits per heavy atom. The Hall–Kier alpha value is -1.88. The van der Waals surface area contributed by atoms with E-state index in [1.54, 1.807) is 12.1 Å². The number of carbonyl (C=O) groups is 1. The van der Waals surface area contributed by atoms with Crippen LogP contribution in [0.3, 0.4) is 0 Å². The van der Waals surface area contributed by atoms with Crippen LogP contribution in [0.25, 0.3) is 11.0 Å². The van der Waals surface area contributed by atoms with Crippen LogP contribution in [0.15, 0.2) is 18.2 Å². The first-order valence-corrected chi connectivity index (χ1v) is 6.91. The fraction of sp³-hybridized carbons (Fsp3) is 0.467. The van der Waals surface area contributed by atoms with Gasteiger partial charge < -0.3 is 14.8 Å². The van der Waals surface area contributed by atoms with Gasteiger partial charge in [-0.2, -0.15) is 0 Å². The molecular formula is C15H18N2O3. The minimum absolute atomic E-state index is 0.146. The number of aromatic nitrogens is 2. The minimum atomic E-state index is -0.938. The highest BCUT2D eigenvalue weighted by atomic mass is 16.4. The van der Waals surface area contributed by atoms with Crippen molar-refractivity contribution >= 4 is 17.0 Å². The van der Waals surface area contributed by atoms with E-state index in [2.05, 4.69) is 4.98 Å². The molecule has 0 amide bonds. The molecule has 2 aromatic rings. The maximum atomic E-state index is 11.4. The molecular weight excluding hydrogens is 256 g/mol. The van der Waals surface area contributed by atoms with E-state index >= 15 is 0 Å². The third-order valence-electron chi connectivity index (χ3n) is 3.94. The molecule has 0 bridgehead atoms. The summed E-state index contributed by atoms with van der Waals surface area (Å²) < 4.78 is 2.02. The minimum Gasteiger partial charge on any atom is -0.478 e. The molecule has 0 spiro atoms. The van der Waals surface area contributed by atoms with Crippen molar-refractivity contribution in [3.8, 4) is 0 Å². The van der Waals surface area contributed by atoms with Gasteiger partial charge in [0.25, 0.3) is 0 Å². The van der Waals surface area contributed by atoms with Gasteiger partial charge in [-0.3, -0.25) is 0 Å². The predicted octanol–water partition coefficient (Wildman–Crippen LogP) is 2.55. The summed E-state index contributed by atoms with van der Waals surface area (Å²) in [6, 6.07) is 5.33. The summed E-state index contributed by atoms with van der Waals surface area (Å²) in [5, 5.41) is 18.9. The lowest BCUT2D eigenvalue weighted by molar-refractivity contribution is 0.0486. The molecule has 1 aromatic heterocycles. The van der Waals surface area contributed by atoms with Gasteiger partial charge in [0.1, 0.15) is 5.82 Å². The fourth-order valence-corrected chi connectivity index (χ4v) is 2.89. The van der Waals surface area contributed by atoms with E-state index in [-0.39, 0.29) is 23.6 Å². The van der Waals surface area contributed by atoms with Gasteiger partial charge >= 0.3 is 5.97 Å². The van der Waals surface area contributed by atoms with Gasteiger partial charge in [0.05, 0.1) is 22.7 Å². The number of hydrogen-bond donors (Lipinski definition) is 2. The second-order valence-corrected chi connectivity index (χ2v) is 5.75. The van der Waals surface area contributed by atoms with E-state index < -0.39 is 5.97 Å². The molecule has 106 valence electrons. The average Bonchev–Trinajstić information content (AvgIpc) is 2.73. The molecule has 0 atom stereocenters. The second-order valence-electron chi connectivity index (χ2n) is 5.75. The normalized spacial score (nSPS) is 22.2. The number of aliphatic hydroxyl groups excluding tert-OH is 1. The van der Waals surface area contributed by atoms with Gasteiger partial charge in [0, 0.05) is 12.0 Å². The highest BCUT2D eigenvalue weighted by molar-refractivity contribution is 6.01. The number of hydrogen-bond acceptors (Lipinski definition) is 3. The number of para-hydroxylation sites is 1. The number of benzene rings is 1. The van der Waals surface area contributed by atoms with Crippen LogP contribution in [0, 0.1) is 0 Å². The van der Waals surface area contributed by atoms with Crippen molar-refractivity contribution in [2.24, 2.45) is 0 Å². The van der Waals surface area contributed by atoms with Crippen LogP contribution < -0.4 is 0 Å². The van der Waals surface area contributed by atoms with Crippen LogP contribution in [0.4, 0.5) is 0 Å². The van der Waals surface area contributed by atoms with E-state index in [4.69, 9.17) is 0 Å². The Bertz CT molecular complexity index is 669. The Morgan fingerprint density at radius 1 is 1.40 bits per heavy atom. The summed E-state index contributed by atoms with van der Waals surface area (Å²) in [6.07, 6.45) is 1.05. The smallest absolute Gasteiger partial charge is 0.337 e. The highest BCUT2D eigenvalue weighted by Gasteiger charge is 2.33. The molecule has 1 aliphatic rings. The largest absolute Gasteiger partial charge is 0.478 e. The van der Waals surface area contributed by atoms with E-state index in [0.29, 0.717) is 18.4 Å². The number of carboxylic acid groups (broad SMARTS) is 1. The first-order chi connectivity index (χ1) is 9.49. The zero-order valence-corrected chi connectivity index (χ0v) is 11.6. The van der Waals surface area contributed by atoms with Crippen LogP contribution in [-0.2, 0) is 0 Å². The molecule has 3 rings (SSSR count). The Morgan fingerprint density at radius 2 is 2.10 bits per heavy atom. The van der Waals surface area contributed by atoms with Gasteiger partial charge in [-0.15, -0.1) is 0 Å². The number of rotatable bonds is 3. The van der Waals surface area contributed by atoms with E-state index in [0.717, 1.165) is 11.3 Å². The number of carboxylic acids is 1. The summed E-state index contributed by atoms with van der Waals surface area (Å²) in [7, 11) is 0. The third kappa shape index (κ3) is 1.89. The van der Waals surface area contributed by atoms with E-state index in [9.17, 15) is 15.0 Å². The van der Waals surface area contributed by atoms with Crippen molar-refractivity contribution < 1.29 is 15.0 Å². The van der Waals surface area contributed by atoms with Crippen LogP contribution >= 0.6 is 0 Å². The Labute approximate surface area is 116 Å². The summed E-state index contributed by atoms with van der Waals surface area (Å²) in [5.41, 5.74) is 1.68. The molecule has 1 aromatic carbocycles. The number of aromatic carboxylic acids is 1. The molecule has 5 heteroatoms. The van der Waals surface area contributed by atoms with Crippen molar-refractivity contribution in [3.05, 3.63) is 29.6 Å². The molecule has 5 nitrogen and oxygen atoms in total. The van der Waals surface area contributed by atoms with E-state index in [1.165, 1.54) is 0 Å². The topological polar surface area (TPSA) is 75.3 Å². The molecule has 2 N–H and O–H groups in total. The number of fused-ring (bicyclic) bond motifs is 1. The van der Waals surface area contributed by atoms with Crippen molar-refractivity contribution in [1.82, 2.24) is 9.55 Å². The molecule has 1 heterocycles. The van der Waals surface area contributed by atoms with Crippen molar-refractivity contribution in [3.63, 3.8) is 0 Å². The van der Waals surface area contributed by atoms with Gasteiger partial charge in [0.2, 0.25) is 0 Å². The van der Waals surface area contributed by atoms with Crippen molar-refractivity contribution in [2.45, 2.75) is 44.8 Å². The SMILES string of the molecule is CC(C)c1nc2cccc(C(=O)O)c2n1C1CC(O)C1. The molecule has 0 saturated heterocycles. The summed E-state index contributed by atoms with van der Waals surface area (Å²) >= 11 is 0. The van der Waals surface area contributed by atoms with Crippen LogP contribution in [-0.4, -0.2) is 31.8 Å². The zero-order chi connectivity index (χ0) is 14.4. The first-order valence-electron chi connectivity index (χ1n) is 6.91. The van der Waals surface area contributed by atoms with Crippen LogP contribution in [0.5, 0.6) is 0 Å². The van der Waals surface area contributed by atoms with Gasteiger partial charge in [0.15, 0.2) is 0 Å². The Balaban J connectivity index is 2.26. The van der Waals surface area contributed by atoms with Gasteiger partial charge in [-0.1, -0.05) is 19.9 Å². The maximum Gasteiger partial charge on any atom is 0.337 e. The lowest BCUT2D eigenvalue weighted by Gasteiger charge is -2.34. The zero-order valence-electron chi connectivity index (χ0n) is 11.6. The number of aliphatic hydroxyl groups is 1. The molecule has 0 aliphatic heterocycles. The highest BCUT2D eigenvalue weighted by Crippen LogP contribution is 2.38. The maximum absolute atomic E-state index is 11.4.